The maximum Gasteiger partial charge on any atom is 0.333 e. The van der Waals surface area contributed by atoms with Crippen LogP contribution in [0.1, 0.15) is 40.5 Å². The van der Waals surface area contributed by atoms with E-state index in [1.165, 1.54) is 0 Å². The highest BCUT2D eigenvalue weighted by molar-refractivity contribution is 5.83. The van der Waals surface area contributed by atoms with Crippen molar-refractivity contribution in [2.75, 3.05) is 6.61 Å². The molecule has 0 spiro atoms. The smallest absolute Gasteiger partial charge is 0.333 e. The first kappa shape index (κ1) is 24.9. The molecule has 2 rings (SSSR count). The highest BCUT2D eigenvalue weighted by Crippen LogP contribution is 2.48. The maximum absolute atomic E-state index is 12.2. The Morgan fingerprint density at radius 1 is 1.17 bits per heavy atom. The second-order valence-electron chi connectivity index (χ2n) is 9.06. The molecule has 0 aromatic heterocycles. The Bertz CT molecular complexity index is 671. The number of esters is 1. The number of hydrogen-bond donors (Lipinski definition) is 6. The molecule has 8 atom stereocenters. The minimum absolute atomic E-state index is 0.193. The third kappa shape index (κ3) is 5.11. The number of rotatable bonds is 5. The number of allylic oxidation sites excluding steroid dienone is 2. The zero-order valence-corrected chi connectivity index (χ0v) is 17.8. The molecule has 2 aliphatic rings. The number of hydrogen-bond acceptors (Lipinski definition) is 9. The predicted molar refractivity (Wildman–Crippen MR) is 106 cm³/mol. The molecule has 0 bridgehead atoms. The van der Waals surface area contributed by atoms with Crippen LogP contribution in [0.25, 0.3) is 0 Å². The maximum atomic E-state index is 12.2. The van der Waals surface area contributed by atoms with E-state index in [4.69, 9.17) is 9.47 Å². The number of carbonyl (C=O) groups is 1. The molecular formula is C21H34O9. The first-order chi connectivity index (χ1) is 13.8. The van der Waals surface area contributed by atoms with Gasteiger partial charge in [-0.15, -0.1) is 0 Å². The van der Waals surface area contributed by atoms with Crippen molar-refractivity contribution in [2.45, 2.75) is 82.9 Å². The summed E-state index contributed by atoms with van der Waals surface area (Å²) in [6.45, 7) is 6.62. The average molecular weight is 430 g/mol. The second-order valence-corrected chi connectivity index (χ2v) is 9.06. The van der Waals surface area contributed by atoms with E-state index in [0.29, 0.717) is 18.4 Å². The lowest BCUT2D eigenvalue weighted by molar-refractivity contribution is -0.291. The van der Waals surface area contributed by atoms with Crippen LogP contribution in [-0.4, -0.2) is 85.6 Å². The zero-order chi connectivity index (χ0) is 22.9. The monoisotopic (exact) mass is 430 g/mol. The van der Waals surface area contributed by atoms with Gasteiger partial charge in [-0.25, -0.2) is 4.79 Å². The molecule has 0 aromatic rings. The summed E-state index contributed by atoms with van der Waals surface area (Å²) in [5, 5.41) is 59.8. The SMILES string of the molecule is CC(/C=C\[C@@]1(O)[C@@H](C)C[C@@H](O)CC1(C)C)=C\C(=O)O[C@@H]1O[C@H](CO)[C@@H](O)[C@H](O)[C@H]1O. The quantitative estimate of drug-likeness (QED) is 0.190. The van der Waals surface area contributed by atoms with E-state index < -0.39 is 60.4 Å². The largest absolute Gasteiger partial charge is 0.430 e. The lowest BCUT2D eigenvalue weighted by atomic mass is 9.60. The minimum Gasteiger partial charge on any atom is -0.430 e. The van der Waals surface area contributed by atoms with Crippen LogP contribution in [0.15, 0.2) is 23.8 Å². The molecule has 9 heteroatoms. The molecule has 0 amide bonds. The fourth-order valence-corrected chi connectivity index (χ4v) is 4.29. The minimum atomic E-state index is -1.67. The zero-order valence-electron chi connectivity index (χ0n) is 17.8. The molecule has 1 aliphatic carbocycles. The molecular weight excluding hydrogens is 396 g/mol. The van der Waals surface area contributed by atoms with Crippen molar-refractivity contribution >= 4 is 5.97 Å². The molecule has 2 fully saturated rings. The lowest BCUT2D eigenvalue weighted by Gasteiger charge is -2.50. The summed E-state index contributed by atoms with van der Waals surface area (Å²) in [6.07, 6.45) is -2.81. The summed E-state index contributed by atoms with van der Waals surface area (Å²) in [7, 11) is 0. The summed E-state index contributed by atoms with van der Waals surface area (Å²) in [5.74, 6) is -1.05. The molecule has 6 N–H and O–H groups in total. The van der Waals surface area contributed by atoms with Gasteiger partial charge >= 0.3 is 5.97 Å². The van der Waals surface area contributed by atoms with Gasteiger partial charge in [-0.3, -0.25) is 0 Å². The summed E-state index contributed by atoms with van der Waals surface area (Å²) in [4.78, 5) is 12.2. The third-order valence-electron chi connectivity index (χ3n) is 6.23. The van der Waals surface area contributed by atoms with Crippen LogP contribution in [0.3, 0.4) is 0 Å². The van der Waals surface area contributed by atoms with Gasteiger partial charge in [0, 0.05) is 6.08 Å². The molecule has 0 unspecified atom stereocenters. The highest BCUT2D eigenvalue weighted by atomic mass is 16.7. The van der Waals surface area contributed by atoms with Crippen LogP contribution in [0.5, 0.6) is 0 Å². The number of carbonyl (C=O) groups excluding carboxylic acids is 1. The van der Waals surface area contributed by atoms with Gasteiger partial charge in [-0.2, -0.15) is 0 Å². The molecule has 0 radical (unpaired) electrons. The third-order valence-corrected chi connectivity index (χ3v) is 6.23. The van der Waals surface area contributed by atoms with E-state index >= 15 is 0 Å². The highest BCUT2D eigenvalue weighted by Gasteiger charge is 2.50. The number of aliphatic hydroxyl groups excluding tert-OH is 5. The Hall–Kier alpha value is -1.33. The molecule has 30 heavy (non-hydrogen) atoms. The second kappa shape index (κ2) is 9.44. The van der Waals surface area contributed by atoms with Gasteiger partial charge < -0.3 is 40.1 Å². The number of ether oxygens (including phenoxy) is 2. The summed E-state index contributed by atoms with van der Waals surface area (Å²) in [6, 6.07) is 0. The van der Waals surface area contributed by atoms with Gasteiger partial charge in [0.15, 0.2) is 0 Å². The molecule has 1 aliphatic heterocycles. The van der Waals surface area contributed by atoms with Crippen molar-refractivity contribution in [1.29, 1.82) is 0 Å². The Morgan fingerprint density at radius 3 is 2.37 bits per heavy atom. The van der Waals surface area contributed by atoms with E-state index in [9.17, 15) is 35.4 Å². The topological polar surface area (TPSA) is 157 Å². The van der Waals surface area contributed by atoms with Crippen LogP contribution in [0.4, 0.5) is 0 Å². The van der Waals surface area contributed by atoms with Gasteiger partial charge in [0.05, 0.1) is 18.3 Å². The van der Waals surface area contributed by atoms with Gasteiger partial charge in [0.1, 0.15) is 24.4 Å². The molecule has 172 valence electrons. The fourth-order valence-electron chi connectivity index (χ4n) is 4.29. The first-order valence-corrected chi connectivity index (χ1v) is 10.1. The van der Waals surface area contributed by atoms with Crippen LogP contribution in [0, 0.1) is 11.3 Å². The van der Waals surface area contributed by atoms with Crippen molar-refractivity contribution < 1.29 is 44.9 Å². The van der Waals surface area contributed by atoms with Crippen molar-refractivity contribution in [1.82, 2.24) is 0 Å². The van der Waals surface area contributed by atoms with Gasteiger partial charge in [-0.1, -0.05) is 32.9 Å². The fraction of sp³-hybridized carbons (Fsp3) is 0.762. The van der Waals surface area contributed by atoms with Crippen molar-refractivity contribution in [3.63, 3.8) is 0 Å². The van der Waals surface area contributed by atoms with Crippen LogP contribution in [0.2, 0.25) is 0 Å². The van der Waals surface area contributed by atoms with Crippen molar-refractivity contribution in [2.24, 2.45) is 11.3 Å². The van der Waals surface area contributed by atoms with Crippen molar-refractivity contribution in [3.05, 3.63) is 23.8 Å². The lowest BCUT2D eigenvalue weighted by Crippen LogP contribution is -2.59. The summed E-state index contributed by atoms with van der Waals surface area (Å²) >= 11 is 0. The first-order valence-electron chi connectivity index (χ1n) is 10.1. The van der Waals surface area contributed by atoms with Crippen LogP contribution < -0.4 is 0 Å². The average Bonchev–Trinajstić information content (AvgIpc) is 2.64. The number of aliphatic hydroxyl groups is 6. The van der Waals surface area contributed by atoms with Crippen molar-refractivity contribution in [3.8, 4) is 0 Å². The molecule has 1 heterocycles. The van der Waals surface area contributed by atoms with Gasteiger partial charge in [0.2, 0.25) is 6.29 Å². The molecule has 1 saturated heterocycles. The summed E-state index contributed by atoms with van der Waals surface area (Å²) in [5.41, 5.74) is -1.28. The van der Waals surface area contributed by atoms with E-state index in [0.717, 1.165) is 6.08 Å². The van der Waals surface area contributed by atoms with E-state index in [1.807, 2.05) is 20.8 Å². The molecule has 9 nitrogen and oxygen atoms in total. The van der Waals surface area contributed by atoms with Gasteiger partial charge in [0.25, 0.3) is 0 Å². The Morgan fingerprint density at radius 2 is 1.80 bits per heavy atom. The predicted octanol–water partition coefficient (Wildman–Crippen LogP) is -0.620. The van der Waals surface area contributed by atoms with Gasteiger partial charge in [-0.05, 0) is 36.7 Å². The van der Waals surface area contributed by atoms with E-state index in [-0.39, 0.29) is 5.92 Å². The summed E-state index contributed by atoms with van der Waals surface area (Å²) < 4.78 is 10.2. The standard InChI is InChI=1S/C21H34O9/c1-11(5-6-21(28)12(2)8-13(23)9-20(21,3)4)7-15(24)30-19-18(27)17(26)16(25)14(10-22)29-19/h5-7,12-14,16-19,22-23,25-28H,8-10H2,1-4H3/b6-5-,11-7+/t12-,13+,14+,16+,17-,18+,19-,21+/m0/s1. The molecule has 0 aromatic carbocycles. The van der Waals surface area contributed by atoms with Crippen LogP contribution >= 0.6 is 0 Å². The Labute approximate surface area is 176 Å². The molecule has 1 saturated carbocycles. The van der Waals surface area contributed by atoms with Crippen LogP contribution in [-0.2, 0) is 14.3 Å². The Balaban J connectivity index is 2.07. The Kier molecular flexibility index (Phi) is 7.84. The van der Waals surface area contributed by atoms with E-state index in [2.05, 4.69) is 0 Å². The van der Waals surface area contributed by atoms with E-state index in [1.54, 1.807) is 19.1 Å². The normalized spacial score (nSPS) is 42.3.